The summed E-state index contributed by atoms with van der Waals surface area (Å²) >= 11 is 1.52. The van der Waals surface area contributed by atoms with Gasteiger partial charge in [-0.05, 0) is 34.5 Å². The Balaban J connectivity index is 1.88. The lowest BCUT2D eigenvalue weighted by Crippen LogP contribution is -2.30. The molecule has 124 valence electrons. The molecule has 1 amide bonds. The highest BCUT2D eigenvalue weighted by atomic mass is 32.2. The third-order valence-corrected chi connectivity index (χ3v) is 4.33. The van der Waals surface area contributed by atoms with E-state index in [2.05, 4.69) is 0 Å². The second-order valence-electron chi connectivity index (χ2n) is 4.62. The fourth-order valence-electron chi connectivity index (χ4n) is 1.64. The first kappa shape index (κ1) is 17.2. The van der Waals surface area contributed by atoms with E-state index in [4.69, 9.17) is 14.3 Å². The minimum atomic E-state index is -4.04. The maximum absolute atomic E-state index is 11.9. The average molecular weight is 358 g/mol. The molecule has 2 heterocycles. The van der Waals surface area contributed by atoms with E-state index in [-0.39, 0.29) is 5.76 Å². The summed E-state index contributed by atoms with van der Waals surface area (Å²) in [5.41, 5.74) is 0.973. The lowest BCUT2D eigenvalue weighted by molar-refractivity contribution is -0.133. The van der Waals surface area contributed by atoms with E-state index in [0.29, 0.717) is 6.54 Å². The van der Waals surface area contributed by atoms with Crippen molar-refractivity contribution < 1.29 is 27.2 Å². The molecule has 0 aliphatic heterocycles. The molecule has 0 saturated heterocycles. The summed E-state index contributed by atoms with van der Waals surface area (Å²) in [7, 11) is -2.45. The minimum Gasteiger partial charge on any atom is -0.450 e. The first-order valence-electron chi connectivity index (χ1n) is 6.32. The van der Waals surface area contributed by atoms with Gasteiger partial charge in [0.25, 0.3) is 15.9 Å². The van der Waals surface area contributed by atoms with Crippen LogP contribution >= 0.6 is 11.3 Å². The molecule has 0 unspecified atom stereocenters. The molecule has 0 fully saturated rings. The number of furan rings is 1. The van der Waals surface area contributed by atoms with E-state index in [1.54, 1.807) is 7.05 Å². The SMILES string of the molecule is CN(Cc1ccsc1)C(=O)COC(=O)c1ccc(S(N)(=O)=O)o1. The molecule has 0 radical (unpaired) electrons. The van der Waals surface area contributed by atoms with Crippen LogP contribution in [0.2, 0.25) is 0 Å². The third kappa shape index (κ3) is 4.65. The highest BCUT2D eigenvalue weighted by Crippen LogP contribution is 2.13. The van der Waals surface area contributed by atoms with Crippen LogP contribution in [0.3, 0.4) is 0 Å². The number of sulfonamides is 1. The predicted octanol–water partition coefficient (Wildman–Crippen LogP) is 0.804. The Morgan fingerprint density at radius 1 is 1.35 bits per heavy atom. The van der Waals surface area contributed by atoms with Crippen LogP contribution in [-0.4, -0.2) is 38.8 Å². The molecule has 10 heteroatoms. The number of nitrogens with zero attached hydrogens (tertiary/aromatic N) is 1. The van der Waals surface area contributed by atoms with E-state index in [0.717, 1.165) is 17.7 Å². The van der Waals surface area contributed by atoms with E-state index in [1.165, 1.54) is 16.2 Å². The summed E-state index contributed by atoms with van der Waals surface area (Å²) < 4.78 is 31.7. The van der Waals surface area contributed by atoms with Crippen LogP contribution in [0, 0.1) is 0 Å². The standard InChI is InChI=1S/C13H14N2O6S2/c1-15(6-9-4-5-22-8-9)11(16)7-20-13(17)10-2-3-12(21-10)23(14,18)19/h2-5,8H,6-7H2,1H3,(H2,14,18,19). The zero-order valence-corrected chi connectivity index (χ0v) is 13.7. The summed E-state index contributed by atoms with van der Waals surface area (Å²) in [6.45, 7) is -0.0823. The van der Waals surface area contributed by atoms with Gasteiger partial charge in [0.05, 0.1) is 0 Å². The fraction of sp³-hybridized carbons (Fsp3) is 0.231. The monoisotopic (exact) mass is 358 g/mol. The van der Waals surface area contributed by atoms with Crippen molar-refractivity contribution in [3.63, 3.8) is 0 Å². The Bertz CT molecular complexity index is 794. The maximum atomic E-state index is 11.9. The Hall–Kier alpha value is -2.17. The van der Waals surface area contributed by atoms with Gasteiger partial charge >= 0.3 is 5.97 Å². The van der Waals surface area contributed by atoms with Crippen LogP contribution in [0.25, 0.3) is 0 Å². The Labute approximate surface area is 136 Å². The molecule has 0 spiro atoms. The second-order valence-corrected chi connectivity index (χ2v) is 6.89. The van der Waals surface area contributed by atoms with Gasteiger partial charge in [0.1, 0.15) is 0 Å². The highest BCUT2D eigenvalue weighted by Gasteiger charge is 2.20. The maximum Gasteiger partial charge on any atom is 0.374 e. The molecule has 2 aromatic rings. The zero-order chi connectivity index (χ0) is 17.0. The molecular weight excluding hydrogens is 344 g/mol. The molecule has 8 nitrogen and oxygen atoms in total. The lowest BCUT2D eigenvalue weighted by Gasteiger charge is -2.16. The molecule has 0 aliphatic carbocycles. The summed E-state index contributed by atoms with van der Waals surface area (Å²) in [5.74, 6) is -1.69. The molecule has 23 heavy (non-hydrogen) atoms. The number of carbonyl (C=O) groups excluding carboxylic acids is 2. The van der Waals surface area contributed by atoms with Crippen molar-refractivity contribution in [2.75, 3.05) is 13.7 Å². The van der Waals surface area contributed by atoms with Crippen molar-refractivity contribution in [1.82, 2.24) is 4.90 Å². The topological polar surface area (TPSA) is 120 Å². The number of nitrogens with two attached hydrogens (primary N) is 1. The van der Waals surface area contributed by atoms with Gasteiger partial charge in [0, 0.05) is 13.6 Å². The fourth-order valence-corrected chi connectivity index (χ4v) is 2.76. The third-order valence-electron chi connectivity index (χ3n) is 2.82. The Kier molecular flexibility index (Phi) is 5.19. The lowest BCUT2D eigenvalue weighted by atomic mass is 10.3. The second kappa shape index (κ2) is 6.94. The van der Waals surface area contributed by atoms with Crippen molar-refractivity contribution >= 4 is 33.2 Å². The number of esters is 1. The number of carbonyl (C=O) groups is 2. The van der Waals surface area contributed by atoms with Gasteiger partial charge in [-0.2, -0.15) is 11.3 Å². The molecule has 2 aromatic heterocycles. The van der Waals surface area contributed by atoms with Gasteiger partial charge in [0.15, 0.2) is 6.61 Å². The molecule has 0 aliphatic rings. The minimum absolute atomic E-state index is 0.345. The number of thiophene rings is 1. The van der Waals surface area contributed by atoms with Crippen molar-refractivity contribution in [2.24, 2.45) is 5.14 Å². The number of ether oxygens (including phenoxy) is 1. The number of amides is 1. The van der Waals surface area contributed by atoms with Crippen LogP contribution < -0.4 is 5.14 Å². The summed E-state index contributed by atoms with van der Waals surface area (Å²) in [4.78, 5) is 25.0. The first-order chi connectivity index (χ1) is 10.8. The molecular formula is C13H14N2O6S2. The predicted molar refractivity (Wildman–Crippen MR) is 81.2 cm³/mol. The number of primary sulfonamides is 1. The largest absolute Gasteiger partial charge is 0.450 e. The molecule has 0 aromatic carbocycles. The van der Waals surface area contributed by atoms with E-state index < -0.39 is 33.6 Å². The van der Waals surface area contributed by atoms with Gasteiger partial charge in [0.2, 0.25) is 10.9 Å². The first-order valence-corrected chi connectivity index (χ1v) is 8.81. The van der Waals surface area contributed by atoms with Gasteiger partial charge in [-0.15, -0.1) is 0 Å². The molecule has 2 N–H and O–H groups in total. The van der Waals surface area contributed by atoms with Gasteiger partial charge in [-0.3, -0.25) is 4.79 Å². The number of hydrogen-bond acceptors (Lipinski definition) is 7. The molecule has 2 rings (SSSR count). The van der Waals surface area contributed by atoms with Gasteiger partial charge < -0.3 is 14.1 Å². The highest BCUT2D eigenvalue weighted by molar-refractivity contribution is 7.89. The van der Waals surface area contributed by atoms with Gasteiger partial charge in [-0.25, -0.2) is 18.4 Å². The molecule has 0 bridgehead atoms. The van der Waals surface area contributed by atoms with E-state index in [9.17, 15) is 18.0 Å². The Morgan fingerprint density at radius 3 is 2.65 bits per heavy atom. The van der Waals surface area contributed by atoms with E-state index >= 15 is 0 Å². The summed E-state index contributed by atoms with van der Waals surface area (Å²) in [6, 6.07) is 4.04. The van der Waals surface area contributed by atoms with Crippen LogP contribution in [0.5, 0.6) is 0 Å². The van der Waals surface area contributed by atoms with Crippen molar-refractivity contribution in [3.05, 3.63) is 40.3 Å². The number of hydrogen-bond donors (Lipinski definition) is 1. The number of rotatable bonds is 6. The average Bonchev–Trinajstić information content (AvgIpc) is 3.14. The molecule has 0 saturated carbocycles. The quantitative estimate of drug-likeness (QED) is 0.763. The summed E-state index contributed by atoms with van der Waals surface area (Å²) in [5, 5.41) is 8.12. The van der Waals surface area contributed by atoms with Crippen LogP contribution in [-0.2, 0) is 26.1 Å². The van der Waals surface area contributed by atoms with Crippen LogP contribution in [0.15, 0.2) is 38.5 Å². The summed E-state index contributed by atoms with van der Waals surface area (Å²) in [6.07, 6.45) is 0. The normalized spacial score (nSPS) is 11.2. The van der Waals surface area contributed by atoms with Crippen molar-refractivity contribution in [2.45, 2.75) is 11.6 Å². The van der Waals surface area contributed by atoms with Crippen LogP contribution in [0.1, 0.15) is 16.1 Å². The van der Waals surface area contributed by atoms with E-state index in [1.807, 2.05) is 16.8 Å². The van der Waals surface area contributed by atoms with Gasteiger partial charge in [-0.1, -0.05) is 0 Å². The van der Waals surface area contributed by atoms with Crippen molar-refractivity contribution in [3.8, 4) is 0 Å². The molecule has 0 atom stereocenters. The Morgan fingerprint density at radius 2 is 2.09 bits per heavy atom. The number of likely N-dealkylation sites (N-methyl/N-ethyl adjacent to an activating group) is 1. The zero-order valence-electron chi connectivity index (χ0n) is 12.1. The van der Waals surface area contributed by atoms with Crippen LogP contribution in [0.4, 0.5) is 0 Å². The smallest absolute Gasteiger partial charge is 0.374 e. The van der Waals surface area contributed by atoms with Crippen molar-refractivity contribution in [1.29, 1.82) is 0 Å².